The second-order valence-electron chi connectivity index (χ2n) is 4.72. The maximum atomic E-state index is 12.2. The van der Waals surface area contributed by atoms with Crippen LogP contribution in [0.15, 0.2) is 0 Å². The zero-order valence-electron chi connectivity index (χ0n) is 11.4. The number of carbonyl (C=O) groups is 1. The Morgan fingerprint density at radius 2 is 2.00 bits per heavy atom. The van der Waals surface area contributed by atoms with E-state index < -0.39 is 5.54 Å². The summed E-state index contributed by atoms with van der Waals surface area (Å²) < 4.78 is 5.06. The van der Waals surface area contributed by atoms with Gasteiger partial charge in [0.25, 0.3) is 0 Å². The highest BCUT2D eigenvalue weighted by molar-refractivity contribution is 5.80. The molecule has 1 atom stereocenters. The van der Waals surface area contributed by atoms with Crippen LogP contribution in [0.2, 0.25) is 0 Å². The quantitative estimate of drug-likeness (QED) is 0.715. The molecular formula is C13H26N2O2. The van der Waals surface area contributed by atoms with Crippen LogP contribution in [0.1, 0.15) is 39.5 Å². The molecule has 4 nitrogen and oxygen atoms in total. The highest BCUT2D eigenvalue weighted by Gasteiger charge is 2.43. The Hall–Kier alpha value is -0.610. The van der Waals surface area contributed by atoms with E-state index in [4.69, 9.17) is 4.74 Å². The maximum absolute atomic E-state index is 12.2. The summed E-state index contributed by atoms with van der Waals surface area (Å²) in [6.45, 7) is 8.05. The van der Waals surface area contributed by atoms with Crippen LogP contribution >= 0.6 is 0 Å². The van der Waals surface area contributed by atoms with Crippen molar-refractivity contribution in [2.24, 2.45) is 0 Å². The average molecular weight is 242 g/mol. The standard InChI is InChI=1S/C13H26N2O2/c1-4-6-7-13(5-2,12(16)17-3)15-10-8-14-9-11-15/h14H,4-11H2,1-3H3. The minimum absolute atomic E-state index is 0.0599. The van der Waals surface area contributed by atoms with Crippen LogP contribution in [0.4, 0.5) is 0 Å². The number of piperazine rings is 1. The lowest BCUT2D eigenvalue weighted by molar-refractivity contribution is -0.157. The van der Waals surface area contributed by atoms with E-state index in [1.807, 2.05) is 0 Å². The van der Waals surface area contributed by atoms with Crippen molar-refractivity contribution in [2.75, 3.05) is 33.3 Å². The molecule has 4 heteroatoms. The molecule has 0 bridgehead atoms. The molecule has 17 heavy (non-hydrogen) atoms. The molecular weight excluding hydrogens is 216 g/mol. The molecule has 0 amide bonds. The molecule has 1 aliphatic rings. The number of carbonyl (C=O) groups excluding carboxylic acids is 1. The molecule has 0 saturated carbocycles. The number of rotatable bonds is 6. The molecule has 0 aliphatic carbocycles. The highest BCUT2D eigenvalue weighted by Crippen LogP contribution is 2.28. The summed E-state index contributed by atoms with van der Waals surface area (Å²) in [5, 5.41) is 3.33. The lowest BCUT2D eigenvalue weighted by atomic mass is 9.87. The predicted octanol–water partition coefficient (Wildman–Crippen LogP) is 1.40. The van der Waals surface area contributed by atoms with Crippen LogP contribution < -0.4 is 5.32 Å². The van der Waals surface area contributed by atoms with E-state index in [0.29, 0.717) is 0 Å². The summed E-state index contributed by atoms with van der Waals surface area (Å²) in [6.07, 6.45) is 3.93. The van der Waals surface area contributed by atoms with Gasteiger partial charge in [-0.2, -0.15) is 0 Å². The van der Waals surface area contributed by atoms with Gasteiger partial charge in [-0.1, -0.05) is 26.7 Å². The van der Waals surface area contributed by atoms with Crippen molar-refractivity contribution >= 4 is 5.97 Å². The summed E-state index contributed by atoms with van der Waals surface area (Å²) in [5.41, 5.74) is -0.396. The van der Waals surface area contributed by atoms with Crippen molar-refractivity contribution in [1.29, 1.82) is 0 Å². The van der Waals surface area contributed by atoms with Gasteiger partial charge in [0.1, 0.15) is 5.54 Å². The molecule has 0 aromatic carbocycles. The molecule has 100 valence electrons. The smallest absolute Gasteiger partial charge is 0.326 e. The molecule has 0 aromatic rings. The van der Waals surface area contributed by atoms with E-state index in [-0.39, 0.29) is 5.97 Å². The fraction of sp³-hybridized carbons (Fsp3) is 0.923. The second-order valence-corrected chi connectivity index (χ2v) is 4.72. The van der Waals surface area contributed by atoms with Gasteiger partial charge in [0.15, 0.2) is 0 Å². The Morgan fingerprint density at radius 3 is 2.47 bits per heavy atom. The third-order valence-electron chi connectivity index (χ3n) is 3.82. The summed E-state index contributed by atoms with van der Waals surface area (Å²) in [4.78, 5) is 14.5. The Balaban J connectivity index is 2.83. The zero-order chi connectivity index (χ0) is 12.7. The molecule has 1 rings (SSSR count). The van der Waals surface area contributed by atoms with Crippen molar-refractivity contribution in [2.45, 2.75) is 45.1 Å². The van der Waals surface area contributed by atoms with Gasteiger partial charge in [-0.15, -0.1) is 0 Å². The van der Waals surface area contributed by atoms with Crippen molar-refractivity contribution in [1.82, 2.24) is 10.2 Å². The first-order valence-electron chi connectivity index (χ1n) is 6.75. The van der Waals surface area contributed by atoms with E-state index >= 15 is 0 Å². The SMILES string of the molecule is CCCCC(CC)(C(=O)OC)N1CCNCC1. The Kier molecular flexibility index (Phi) is 5.92. The van der Waals surface area contributed by atoms with Gasteiger partial charge >= 0.3 is 5.97 Å². The first-order valence-corrected chi connectivity index (χ1v) is 6.75. The number of hydrogen-bond acceptors (Lipinski definition) is 4. The molecule has 1 fully saturated rings. The van der Waals surface area contributed by atoms with E-state index in [2.05, 4.69) is 24.1 Å². The summed E-state index contributed by atoms with van der Waals surface area (Å²) in [7, 11) is 1.50. The molecule has 0 spiro atoms. The number of unbranched alkanes of at least 4 members (excludes halogenated alkanes) is 1. The topological polar surface area (TPSA) is 41.6 Å². The molecule has 1 unspecified atom stereocenters. The predicted molar refractivity (Wildman–Crippen MR) is 69.0 cm³/mol. The van der Waals surface area contributed by atoms with E-state index in [1.54, 1.807) is 0 Å². The largest absolute Gasteiger partial charge is 0.468 e. The number of nitrogens with zero attached hydrogens (tertiary/aromatic N) is 1. The fourth-order valence-corrected chi connectivity index (χ4v) is 2.69. The maximum Gasteiger partial charge on any atom is 0.326 e. The lowest BCUT2D eigenvalue weighted by Crippen LogP contribution is -2.60. The lowest BCUT2D eigenvalue weighted by Gasteiger charge is -2.43. The number of hydrogen-bond donors (Lipinski definition) is 1. The highest BCUT2D eigenvalue weighted by atomic mass is 16.5. The number of nitrogens with one attached hydrogen (secondary N) is 1. The average Bonchev–Trinajstić information content (AvgIpc) is 2.41. The summed E-state index contributed by atoms with van der Waals surface area (Å²) in [5.74, 6) is -0.0599. The van der Waals surface area contributed by atoms with Crippen LogP contribution in [0.25, 0.3) is 0 Å². The molecule has 1 heterocycles. The Morgan fingerprint density at radius 1 is 1.35 bits per heavy atom. The molecule has 1 aliphatic heterocycles. The van der Waals surface area contributed by atoms with Gasteiger partial charge in [0, 0.05) is 26.2 Å². The fourth-order valence-electron chi connectivity index (χ4n) is 2.69. The second kappa shape index (κ2) is 6.97. The number of ether oxygens (including phenoxy) is 1. The van der Waals surface area contributed by atoms with Gasteiger partial charge in [-0.25, -0.2) is 0 Å². The van der Waals surface area contributed by atoms with Gasteiger partial charge in [0.2, 0.25) is 0 Å². The molecule has 1 N–H and O–H groups in total. The third-order valence-corrected chi connectivity index (χ3v) is 3.82. The normalized spacial score (nSPS) is 20.9. The minimum atomic E-state index is -0.396. The van der Waals surface area contributed by atoms with Crippen LogP contribution in [-0.4, -0.2) is 49.7 Å². The van der Waals surface area contributed by atoms with Crippen molar-refractivity contribution in [3.63, 3.8) is 0 Å². The summed E-state index contributed by atoms with van der Waals surface area (Å²) in [6, 6.07) is 0. The van der Waals surface area contributed by atoms with E-state index in [0.717, 1.165) is 51.9 Å². The van der Waals surface area contributed by atoms with Gasteiger partial charge in [-0.05, 0) is 12.8 Å². The van der Waals surface area contributed by atoms with E-state index in [1.165, 1.54) is 7.11 Å². The van der Waals surface area contributed by atoms with Crippen molar-refractivity contribution < 1.29 is 9.53 Å². The summed E-state index contributed by atoms with van der Waals surface area (Å²) >= 11 is 0. The number of esters is 1. The van der Waals surface area contributed by atoms with Crippen molar-refractivity contribution in [3.8, 4) is 0 Å². The minimum Gasteiger partial charge on any atom is -0.468 e. The number of methoxy groups -OCH3 is 1. The first-order chi connectivity index (χ1) is 8.21. The molecule has 0 radical (unpaired) electrons. The van der Waals surface area contributed by atoms with Gasteiger partial charge < -0.3 is 10.1 Å². The van der Waals surface area contributed by atoms with Crippen LogP contribution in [0, 0.1) is 0 Å². The zero-order valence-corrected chi connectivity index (χ0v) is 11.4. The first kappa shape index (κ1) is 14.5. The third kappa shape index (κ3) is 3.19. The van der Waals surface area contributed by atoms with Gasteiger partial charge in [-0.3, -0.25) is 9.69 Å². The Bertz CT molecular complexity index is 240. The van der Waals surface area contributed by atoms with Gasteiger partial charge in [0.05, 0.1) is 7.11 Å². The van der Waals surface area contributed by atoms with Crippen LogP contribution in [-0.2, 0) is 9.53 Å². The van der Waals surface area contributed by atoms with Crippen LogP contribution in [0.5, 0.6) is 0 Å². The molecule has 1 saturated heterocycles. The molecule has 0 aromatic heterocycles. The monoisotopic (exact) mass is 242 g/mol. The van der Waals surface area contributed by atoms with Crippen molar-refractivity contribution in [3.05, 3.63) is 0 Å². The van der Waals surface area contributed by atoms with Crippen LogP contribution in [0.3, 0.4) is 0 Å². The Labute approximate surface area is 105 Å². The van der Waals surface area contributed by atoms with E-state index in [9.17, 15) is 4.79 Å².